The summed E-state index contributed by atoms with van der Waals surface area (Å²) in [5.41, 5.74) is 7.10. The monoisotopic (exact) mass is 210 g/mol. The maximum Gasteiger partial charge on any atom is 0.0534 e. The van der Waals surface area contributed by atoms with E-state index in [0.717, 1.165) is 19.5 Å². The molecule has 0 amide bonds. The minimum atomic E-state index is -0.0802. The Morgan fingerprint density at radius 2 is 2.20 bits per heavy atom. The zero-order valence-electron chi connectivity index (χ0n) is 10.2. The lowest BCUT2D eigenvalue weighted by Gasteiger charge is -2.23. The van der Waals surface area contributed by atoms with Gasteiger partial charge in [-0.15, -0.1) is 0 Å². The van der Waals surface area contributed by atoms with Gasteiger partial charge >= 0.3 is 0 Å². The van der Waals surface area contributed by atoms with Gasteiger partial charge in [-0.2, -0.15) is 5.10 Å². The first kappa shape index (κ1) is 12.2. The van der Waals surface area contributed by atoms with E-state index < -0.39 is 0 Å². The fraction of sp³-hybridized carbons (Fsp3) is 0.727. The van der Waals surface area contributed by atoms with Gasteiger partial charge in [-0.1, -0.05) is 0 Å². The topological polar surface area (TPSA) is 47.1 Å². The fourth-order valence-electron chi connectivity index (χ4n) is 1.42. The normalized spacial score (nSPS) is 12.4. The minimum absolute atomic E-state index is 0.0802. The van der Waals surface area contributed by atoms with Gasteiger partial charge in [0, 0.05) is 30.9 Å². The van der Waals surface area contributed by atoms with E-state index in [4.69, 9.17) is 5.73 Å². The highest BCUT2D eigenvalue weighted by Gasteiger charge is 2.11. The highest BCUT2D eigenvalue weighted by Crippen LogP contribution is 2.07. The standard InChI is InChI=1S/C11H22N4/c1-11(2,12)5-6-14(3)8-10-7-13-15(4)9-10/h7,9H,5-6,8,12H2,1-4H3. The first-order valence-corrected chi connectivity index (χ1v) is 5.32. The summed E-state index contributed by atoms with van der Waals surface area (Å²) in [5.74, 6) is 0. The summed E-state index contributed by atoms with van der Waals surface area (Å²) in [6.45, 7) is 6.07. The van der Waals surface area contributed by atoms with E-state index in [9.17, 15) is 0 Å². The van der Waals surface area contributed by atoms with Crippen LogP contribution in [0.1, 0.15) is 25.8 Å². The minimum Gasteiger partial charge on any atom is -0.326 e. The van der Waals surface area contributed by atoms with Crippen LogP contribution in [0.4, 0.5) is 0 Å². The Kier molecular flexibility index (Phi) is 3.88. The Hall–Kier alpha value is -0.870. The van der Waals surface area contributed by atoms with Crippen molar-refractivity contribution in [3.8, 4) is 0 Å². The van der Waals surface area contributed by atoms with Crippen LogP contribution in [-0.2, 0) is 13.6 Å². The van der Waals surface area contributed by atoms with Gasteiger partial charge in [-0.25, -0.2) is 0 Å². The van der Waals surface area contributed by atoms with Crippen molar-refractivity contribution in [2.24, 2.45) is 12.8 Å². The Morgan fingerprint density at radius 3 is 2.67 bits per heavy atom. The Labute approximate surface area is 92.1 Å². The van der Waals surface area contributed by atoms with Gasteiger partial charge < -0.3 is 10.6 Å². The molecule has 0 aliphatic carbocycles. The van der Waals surface area contributed by atoms with E-state index in [0.29, 0.717) is 0 Å². The second-order valence-corrected chi connectivity index (χ2v) is 5.00. The van der Waals surface area contributed by atoms with E-state index in [2.05, 4.69) is 30.9 Å². The van der Waals surface area contributed by atoms with E-state index in [1.54, 1.807) is 0 Å². The SMILES string of the molecule is CN(CCC(C)(C)N)Cc1cnn(C)c1. The van der Waals surface area contributed by atoms with Crippen LogP contribution in [0.25, 0.3) is 0 Å². The molecule has 0 aliphatic rings. The van der Waals surface area contributed by atoms with Crippen LogP contribution in [0.15, 0.2) is 12.4 Å². The predicted molar refractivity (Wildman–Crippen MR) is 62.4 cm³/mol. The van der Waals surface area contributed by atoms with Gasteiger partial charge in [-0.3, -0.25) is 4.68 Å². The number of hydrogen-bond acceptors (Lipinski definition) is 3. The summed E-state index contributed by atoms with van der Waals surface area (Å²) in [6, 6.07) is 0. The van der Waals surface area contributed by atoms with Crippen molar-refractivity contribution < 1.29 is 0 Å². The van der Waals surface area contributed by atoms with Gasteiger partial charge in [0.1, 0.15) is 0 Å². The molecule has 0 saturated heterocycles. The van der Waals surface area contributed by atoms with Crippen molar-refractivity contribution in [3.63, 3.8) is 0 Å². The quantitative estimate of drug-likeness (QED) is 0.788. The molecular weight excluding hydrogens is 188 g/mol. The predicted octanol–water partition coefficient (Wildman–Crippen LogP) is 0.979. The van der Waals surface area contributed by atoms with Gasteiger partial charge in [0.25, 0.3) is 0 Å². The van der Waals surface area contributed by atoms with Gasteiger partial charge in [0.05, 0.1) is 6.20 Å². The Morgan fingerprint density at radius 1 is 1.53 bits per heavy atom. The summed E-state index contributed by atoms with van der Waals surface area (Å²) in [4.78, 5) is 2.27. The largest absolute Gasteiger partial charge is 0.326 e. The number of nitrogens with zero attached hydrogens (tertiary/aromatic N) is 3. The number of rotatable bonds is 5. The van der Waals surface area contributed by atoms with Crippen LogP contribution in [0.5, 0.6) is 0 Å². The fourth-order valence-corrected chi connectivity index (χ4v) is 1.42. The molecule has 1 aromatic heterocycles. The molecule has 1 rings (SSSR count). The van der Waals surface area contributed by atoms with Crippen molar-refractivity contribution in [1.82, 2.24) is 14.7 Å². The van der Waals surface area contributed by atoms with Crippen molar-refractivity contribution >= 4 is 0 Å². The van der Waals surface area contributed by atoms with Gasteiger partial charge in [0.15, 0.2) is 0 Å². The number of hydrogen-bond donors (Lipinski definition) is 1. The van der Waals surface area contributed by atoms with E-state index >= 15 is 0 Å². The van der Waals surface area contributed by atoms with Crippen molar-refractivity contribution in [3.05, 3.63) is 18.0 Å². The third-order valence-electron chi connectivity index (χ3n) is 2.35. The summed E-state index contributed by atoms with van der Waals surface area (Å²) < 4.78 is 1.83. The molecule has 0 aliphatic heterocycles. The molecule has 86 valence electrons. The molecule has 0 radical (unpaired) electrons. The molecule has 15 heavy (non-hydrogen) atoms. The van der Waals surface area contributed by atoms with E-state index in [1.807, 2.05) is 24.1 Å². The lowest BCUT2D eigenvalue weighted by molar-refractivity contribution is 0.289. The van der Waals surface area contributed by atoms with Crippen LogP contribution in [0, 0.1) is 0 Å². The zero-order chi connectivity index (χ0) is 11.5. The molecule has 0 fully saturated rings. The lowest BCUT2D eigenvalue weighted by Crippen LogP contribution is -2.36. The number of aryl methyl sites for hydroxylation is 1. The molecule has 0 saturated carbocycles. The molecule has 1 heterocycles. The maximum absolute atomic E-state index is 5.94. The van der Waals surface area contributed by atoms with Crippen LogP contribution < -0.4 is 5.73 Å². The van der Waals surface area contributed by atoms with Gasteiger partial charge in [-0.05, 0) is 33.9 Å². The van der Waals surface area contributed by atoms with E-state index in [1.165, 1.54) is 5.56 Å². The molecule has 0 unspecified atom stereocenters. The summed E-state index contributed by atoms with van der Waals surface area (Å²) in [7, 11) is 4.05. The zero-order valence-corrected chi connectivity index (χ0v) is 10.2. The first-order valence-electron chi connectivity index (χ1n) is 5.32. The average Bonchev–Trinajstić information content (AvgIpc) is 2.47. The number of nitrogens with two attached hydrogens (primary N) is 1. The molecule has 4 nitrogen and oxygen atoms in total. The molecule has 0 atom stereocenters. The smallest absolute Gasteiger partial charge is 0.0534 e. The molecule has 0 bridgehead atoms. The van der Waals surface area contributed by atoms with Crippen LogP contribution in [0.3, 0.4) is 0 Å². The van der Waals surface area contributed by atoms with Gasteiger partial charge in [0.2, 0.25) is 0 Å². The molecule has 0 spiro atoms. The second-order valence-electron chi connectivity index (χ2n) is 5.00. The second kappa shape index (κ2) is 4.77. The Bertz CT molecular complexity index is 298. The van der Waals surface area contributed by atoms with Crippen molar-refractivity contribution in [2.75, 3.05) is 13.6 Å². The average molecular weight is 210 g/mol. The highest BCUT2D eigenvalue weighted by atomic mass is 15.2. The van der Waals surface area contributed by atoms with Crippen molar-refractivity contribution in [2.45, 2.75) is 32.4 Å². The first-order chi connectivity index (χ1) is 6.87. The van der Waals surface area contributed by atoms with Crippen LogP contribution in [0.2, 0.25) is 0 Å². The lowest BCUT2D eigenvalue weighted by atomic mass is 10.0. The van der Waals surface area contributed by atoms with Crippen LogP contribution >= 0.6 is 0 Å². The summed E-state index contributed by atoms with van der Waals surface area (Å²) >= 11 is 0. The number of aromatic nitrogens is 2. The summed E-state index contributed by atoms with van der Waals surface area (Å²) in [6.07, 6.45) is 4.96. The summed E-state index contributed by atoms with van der Waals surface area (Å²) in [5, 5.41) is 4.14. The maximum atomic E-state index is 5.94. The van der Waals surface area contributed by atoms with E-state index in [-0.39, 0.29) is 5.54 Å². The highest BCUT2D eigenvalue weighted by molar-refractivity contribution is 5.02. The molecule has 0 aromatic carbocycles. The third-order valence-corrected chi connectivity index (χ3v) is 2.35. The van der Waals surface area contributed by atoms with Crippen molar-refractivity contribution in [1.29, 1.82) is 0 Å². The molecule has 1 aromatic rings. The molecular formula is C11H22N4. The molecule has 4 heteroatoms. The Balaban J connectivity index is 2.33. The molecule has 2 N–H and O–H groups in total. The van der Waals surface area contributed by atoms with Crippen LogP contribution in [-0.4, -0.2) is 33.8 Å². The third kappa shape index (κ3) is 4.95.